The monoisotopic (exact) mass is 356 g/mol. The van der Waals surface area contributed by atoms with Crippen molar-refractivity contribution in [2.45, 2.75) is 0 Å². The Kier molecular flexibility index (Phi) is 6.15. The summed E-state index contributed by atoms with van der Waals surface area (Å²) in [5, 5.41) is 20.8. The highest BCUT2D eigenvalue weighted by Crippen LogP contribution is 2.17. The Morgan fingerprint density at radius 1 is 1.24 bits per heavy atom. The Labute approximate surface area is 148 Å². The van der Waals surface area contributed by atoms with Crippen molar-refractivity contribution in [3.63, 3.8) is 0 Å². The number of nitrogens with zero attached hydrogens (tertiary/aromatic N) is 1. The molecule has 0 aliphatic heterocycles. The topological polar surface area (TPSA) is 99.4 Å². The third-order valence-electron chi connectivity index (χ3n) is 3.00. The summed E-state index contributed by atoms with van der Waals surface area (Å²) in [6.07, 6.45) is 1.42. The van der Waals surface area contributed by atoms with Gasteiger partial charge in [-0.25, -0.2) is 4.79 Å². The fourth-order valence-corrected chi connectivity index (χ4v) is 2.08. The fraction of sp³-hybridized carbons (Fsp3) is 0.0556. The first-order valence-corrected chi connectivity index (χ1v) is 7.49. The van der Waals surface area contributed by atoms with Crippen molar-refractivity contribution >= 4 is 35.2 Å². The molecular formula is C18H13ClN2O4. The quantitative estimate of drug-likeness (QED) is 0.610. The van der Waals surface area contributed by atoms with E-state index in [4.69, 9.17) is 21.4 Å². The molecule has 126 valence electrons. The maximum absolute atomic E-state index is 12.2. The van der Waals surface area contributed by atoms with Gasteiger partial charge in [0.25, 0.3) is 5.91 Å². The summed E-state index contributed by atoms with van der Waals surface area (Å²) in [7, 11) is 0. The third-order valence-corrected chi connectivity index (χ3v) is 3.24. The first kappa shape index (κ1) is 18.0. The molecule has 0 unspecified atom stereocenters. The number of amides is 1. The number of carbonyl (C=O) groups excluding carboxylic acids is 1. The van der Waals surface area contributed by atoms with Gasteiger partial charge < -0.3 is 15.2 Å². The molecule has 0 aliphatic carbocycles. The molecule has 6 nitrogen and oxygen atoms in total. The maximum atomic E-state index is 12.2. The Morgan fingerprint density at radius 3 is 2.56 bits per heavy atom. The van der Waals surface area contributed by atoms with Crippen LogP contribution in [0.15, 0.2) is 54.1 Å². The third kappa shape index (κ3) is 5.68. The lowest BCUT2D eigenvalue weighted by molar-refractivity contribution is -0.139. The lowest BCUT2D eigenvalue weighted by atomic mass is 10.1. The normalized spacial score (nSPS) is 10.6. The highest BCUT2D eigenvalue weighted by molar-refractivity contribution is 6.31. The van der Waals surface area contributed by atoms with E-state index in [-0.39, 0.29) is 5.57 Å². The number of halogens is 1. The van der Waals surface area contributed by atoms with Gasteiger partial charge in [0.15, 0.2) is 6.61 Å². The van der Waals surface area contributed by atoms with Crippen LogP contribution in [0.1, 0.15) is 5.56 Å². The van der Waals surface area contributed by atoms with Crippen molar-refractivity contribution in [1.29, 1.82) is 5.26 Å². The summed E-state index contributed by atoms with van der Waals surface area (Å²) in [5.41, 5.74) is 0.996. The minimum Gasteiger partial charge on any atom is -0.482 e. The van der Waals surface area contributed by atoms with Crippen LogP contribution in [-0.4, -0.2) is 23.6 Å². The molecule has 0 saturated heterocycles. The smallest absolute Gasteiger partial charge is 0.341 e. The van der Waals surface area contributed by atoms with Gasteiger partial charge in [-0.05, 0) is 42.0 Å². The van der Waals surface area contributed by atoms with E-state index in [0.717, 1.165) is 0 Å². The number of nitrogens with one attached hydrogen (secondary N) is 1. The molecule has 7 heteroatoms. The van der Waals surface area contributed by atoms with E-state index >= 15 is 0 Å². The molecule has 25 heavy (non-hydrogen) atoms. The van der Waals surface area contributed by atoms with Crippen LogP contribution in [0.3, 0.4) is 0 Å². The van der Waals surface area contributed by atoms with Crippen LogP contribution in [0.25, 0.3) is 6.08 Å². The minimum atomic E-state index is -1.08. The molecule has 0 saturated carbocycles. The fourth-order valence-electron chi connectivity index (χ4n) is 1.89. The molecule has 2 aromatic carbocycles. The molecule has 0 aromatic heterocycles. The van der Waals surface area contributed by atoms with Crippen molar-refractivity contribution in [2.75, 3.05) is 11.9 Å². The maximum Gasteiger partial charge on any atom is 0.341 e. The molecule has 2 aromatic rings. The van der Waals surface area contributed by atoms with E-state index < -0.39 is 18.5 Å². The summed E-state index contributed by atoms with van der Waals surface area (Å²) in [6, 6.07) is 14.8. The molecule has 0 radical (unpaired) electrons. The molecular weight excluding hydrogens is 344 g/mol. The van der Waals surface area contributed by atoms with Crippen LogP contribution in [0.2, 0.25) is 5.02 Å². The average molecular weight is 357 g/mol. The number of aliphatic carboxylic acids is 1. The van der Waals surface area contributed by atoms with Gasteiger partial charge in [0.1, 0.15) is 17.4 Å². The van der Waals surface area contributed by atoms with Crippen molar-refractivity contribution in [3.8, 4) is 11.8 Å². The van der Waals surface area contributed by atoms with Gasteiger partial charge in [-0.15, -0.1) is 0 Å². The van der Waals surface area contributed by atoms with Crippen LogP contribution in [0.4, 0.5) is 5.69 Å². The number of carboxylic acid groups (broad SMARTS) is 1. The van der Waals surface area contributed by atoms with E-state index in [1.807, 2.05) is 6.07 Å². The zero-order valence-corrected chi connectivity index (χ0v) is 13.7. The summed E-state index contributed by atoms with van der Waals surface area (Å²) in [4.78, 5) is 22.6. The van der Waals surface area contributed by atoms with Crippen LogP contribution >= 0.6 is 11.6 Å². The molecule has 1 amide bonds. The van der Waals surface area contributed by atoms with E-state index in [1.54, 1.807) is 48.5 Å². The van der Waals surface area contributed by atoms with Crippen LogP contribution in [0, 0.1) is 11.3 Å². The first-order valence-electron chi connectivity index (χ1n) is 7.11. The van der Waals surface area contributed by atoms with E-state index in [0.29, 0.717) is 22.0 Å². The van der Waals surface area contributed by atoms with Gasteiger partial charge in [-0.3, -0.25) is 4.79 Å². The van der Waals surface area contributed by atoms with Gasteiger partial charge in [-0.2, -0.15) is 5.26 Å². The highest BCUT2D eigenvalue weighted by atomic mass is 35.5. The Balaban J connectivity index is 2.09. The van der Waals surface area contributed by atoms with Crippen LogP contribution < -0.4 is 10.1 Å². The number of nitriles is 1. The number of hydrogen-bond acceptors (Lipinski definition) is 4. The standard InChI is InChI=1S/C18H13ClN2O4/c19-14-2-1-3-15(9-14)21-18(24)13(10-20)8-12-4-6-16(7-5-12)25-11-17(22)23/h1-9H,11H2,(H,21,24)(H,22,23). The molecule has 0 bridgehead atoms. The minimum absolute atomic E-state index is 0.0841. The van der Waals surface area contributed by atoms with E-state index in [1.165, 1.54) is 6.08 Å². The zero-order valence-electron chi connectivity index (χ0n) is 12.9. The molecule has 0 fully saturated rings. The Hall–Kier alpha value is -3.30. The summed E-state index contributed by atoms with van der Waals surface area (Å²) >= 11 is 5.85. The molecule has 2 rings (SSSR count). The van der Waals surface area contributed by atoms with Gasteiger partial charge in [-0.1, -0.05) is 29.8 Å². The molecule has 0 spiro atoms. The number of ether oxygens (including phenoxy) is 1. The Morgan fingerprint density at radius 2 is 1.96 bits per heavy atom. The van der Waals surface area contributed by atoms with Crippen LogP contribution in [0.5, 0.6) is 5.75 Å². The second kappa shape index (κ2) is 8.52. The molecule has 0 heterocycles. The van der Waals surface area contributed by atoms with Gasteiger partial charge >= 0.3 is 5.97 Å². The van der Waals surface area contributed by atoms with Crippen molar-refractivity contribution in [3.05, 3.63) is 64.7 Å². The predicted molar refractivity (Wildman–Crippen MR) is 93.2 cm³/mol. The number of anilines is 1. The Bertz CT molecular complexity index is 854. The van der Waals surface area contributed by atoms with E-state index in [2.05, 4.69) is 5.32 Å². The SMILES string of the molecule is N#CC(=Cc1ccc(OCC(=O)O)cc1)C(=O)Nc1cccc(Cl)c1. The molecule has 0 aliphatic rings. The van der Waals surface area contributed by atoms with Gasteiger partial charge in [0, 0.05) is 10.7 Å². The van der Waals surface area contributed by atoms with E-state index in [9.17, 15) is 14.9 Å². The number of carboxylic acids is 1. The lowest BCUT2D eigenvalue weighted by Gasteiger charge is -2.05. The number of hydrogen-bond donors (Lipinski definition) is 2. The average Bonchev–Trinajstić information content (AvgIpc) is 2.58. The van der Waals surface area contributed by atoms with Gasteiger partial charge in [0.05, 0.1) is 0 Å². The second-order valence-electron chi connectivity index (χ2n) is 4.89. The van der Waals surface area contributed by atoms with Crippen molar-refractivity contribution in [1.82, 2.24) is 0 Å². The summed E-state index contributed by atoms with van der Waals surface area (Å²) in [5.74, 6) is -1.26. The molecule has 0 atom stereocenters. The number of carbonyl (C=O) groups is 2. The summed E-state index contributed by atoms with van der Waals surface area (Å²) < 4.78 is 5.01. The number of benzene rings is 2. The number of rotatable bonds is 6. The second-order valence-corrected chi connectivity index (χ2v) is 5.32. The van der Waals surface area contributed by atoms with Crippen molar-refractivity contribution in [2.24, 2.45) is 0 Å². The zero-order chi connectivity index (χ0) is 18.2. The lowest BCUT2D eigenvalue weighted by Crippen LogP contribution is -2.13. The molecule has 2 N–H and O–H groups in total. The van der Waals surface area contributed by atoms with Crippen LogP contribution in [-0.2, 0) is 9.59 Å². The summed E-state index contributed by atoms with van der Waals surface area (Å²) in [6.45, 7) is -0.444. The predicted octanol–water partition coefficient (Wildman–Crippen LogP) is 3.35. The highest BCUT2D eigenvalue weighted by Gasteiger charge is 2.10. The first-order chi connectivity index (χ1) is 12.0. The van der Waals surface area contributed by atoms with Gasteiger partial charge in [0.2, 0.25) is 0 Å². The van der Waals surface area contributed by atoms with Crippen molar-refractivity contribution < 1.29 is 19.4 Å². The largest absolute Gasteiger partial charge is 0.482 e.